The van der Waals surface area contributed by atoms with Crippen molar-refractivity contribution in [1.29, 1.82) is 5.41 Å². The molecule has 2 aliphatic rings. The van der Waals surface area contributed by atoms with E-state index in [1.165, 1.54) is 6.08 Å². The zero-order valence-electron chi connectivity index (χ0n) is 16.4. The quantitative estimate of drug-likeness (QED) is 0.489. The van der Waals surface area contributed by atoms with Gasteiger partial charge in [0.05, 0.1) is 17.5 Å². The van der Waals surface area contributed by atoms with Gasteiger partial charge in [0, 0.05) is 21.9 Å². The number of benzene rings is 2. The molecule has 0 aliphatic carbocycles. The number of carbonyl (C=O) groups excluding carboxylic acids is 1. The van der Waals surface area contributed by atoms with Crippen LogP contribution >= 0.6 is 35.1 Å². The first-order chi connectivity index (χ1) is 15.1. The molecule has 2 aromatic rings. The molecule has 4 rings (SSSR count). The molecule has 1 amide bonds. The van der Waals surface area contributed by atoms with Gasteiger partial charge in [-0.3, -0.25) is 10.2 Å². The summed E-state index contributed by atoms with van der Waals surface area (Å²) in [5.41, 5.74) is 1.22. The van der Waals surface area contributed by atoms with E-state index in [4.69, 9.17) is 33.3 Å². The van der Waals surface area contributed by atoms with E-state index < -0.39 is 15.7 Å². The summed E-state index contributed by atoms with van der Waals surface area (Å²) < 4.78 is 33.5. The van der Waals surface area contributed by atoms with Crippen LogP contribution in [0.5, 0.6) is 5.75 Å². The highest BCUT2D eigenvalue weighted by Gasteiger charge is 2.41. The van der Waals surface area contributed by atoms with Crippen LogP contribution in [0.1, 0.15) is 11.1 Å². The molecule has 0 fully saturated rings. The van der Waals surface area contributed by atoms with Crippen molar-refractivity contribution in [2.75, 3.05) is 6.26 Å². The first-order valence-electron chi connectivity index (χ1n) is 9.00. The van der Waals surface area contributed by atoms with E-state index in [1.807, 2.05) is 0 Å². The van der Waals surface area contributed by atoms with Crippen LogP contribution in [0.4, 0.5) is 0 Å². The number of nitrogens with one attached hydrogen (secondary N) is 1. The van der Waals surface area contributed by atoms with Gasteiger partial charge in [-0.25, -0.2) is 13.3 Å². The first kappa shape index (κ1) is 22.5. The minimum absolute atomic E-state index is 0.0413. The standard InChI is InChI=1S/C20H14Cl2N4O4S2/c1-32(28,29)20-25-31-19-24-18(27)13(17(23)26(19)20)9-11-5-7-12(8-6-11)30-10-14-15(21)3-2-4-16(14)22/h2-9,23H,10H2,1H3/b13-9-,23-17?. The molecule has 0 aromatic heterocycles. The average molecular weight is 509 g/mol. The third-order valence-corrected chi connectivity index (χ3v) is 6.92. The summed E-state index contributed by atoms with van der Waals surface area (Å²) in [5, 5.41) is 9.08. The Kier molecular flexibility index (Phi) is 6.13. The second-order valence-electron chi connectivity index (χ2n) is 6.74. The maximum Gasteiger partial charge on any atom is 0.283 e. The highest BCUT2D eigenvalue weighted by Crippen LogP contribution is 2.30. The summed E-state index contributed by atoms with van der Waals surface area (Å²) in [5.74, 6) is -0.397. The predicted octanol–water partition coefficient (Wildman–Crippen LogP) is 4.19. The molecule has 2 aromatic carbocycles. The van der Waals surface area contributed by atoms with Crippen molar-refractivity contribution in [3.63, 3.8) is 0 Å². The van der Waals surface area contributed by atoms with Gasteiger partial charge in [-0.2, -0.15) is 9.39 Å². The number of aliphatic imine (C=N–C) groups is 1. The molecule has 1 N–H and O–H groups in total. The van der Waals surface area contributed by atoms with Crippen LogP contribution in [0.2, 0.25) is 10.0 Å². The largest absolute Gasteiger partial charge is 0.489 e. The lowest BCUT2D eigenvalue weighted by atomic mass is 10.1. The molecule has 164 valence electrons. The minimum atomic E-state index is -3.70. The molecule has 0 bridgehead atoms. The molecule has 0 atom stereocenters. The Balaban J connectivity index is 1.54. The van der Waals surface area contributed by atoms with Crippen molar-refractivity contribution in [3.05, 3.63) is 69.2 Å². The molecular formula is C20H14Cl2N4O4S2. The summed E-state index contributed by atoms with van der Waals surface area (Å²) in [6.45, 7) is 0.180. The predicted molar refractivity (Wildman–Crippen MR) is 127 cm³/mol. The van der Waals surface area contributed by atoms with Crippen molar-refractivity contribution in [1.82, 2.24) is 4.90 Å². The number of halogens is 2. The van der Waals surface area contributed by atoms with Gasteiger partial charge >= 0.3 is 0 Å². The first-order valence-corrected chi connectivity index (χ1v) is 12.4. The number of fused-ring (bicyclic) bond motifs is 1. The smallest absolute Gasteiger partial charge is 0.283 e. The summed E-state index contributed by atoms with van der Waals surface area (Å²) in [4.78, 5) is 17.3. The topological polar surface area (TPSA) is 112 Å². The number of sulfone groups is 1. The maximum absolute atomic E-state index is 12.4. The van der Waals surface area contributed by atoms with E-state index >= 15 is 0 Å². The fraction of sp³-hybridized carbons (Fsp3) is 0.100. The number of hydrogen-bond acceptors (Lipinski definition) is 7. The van der Waals surface area contributed by atoms with E-state index in [2.05, 4.69) is 9.39 Å². The van der Waals surface area contributed by atoms with Crippen molar-refractivity contribution in [2.45, 2.75) is 6.61 Å². The third kappa shape index (κ3) is 4.44. The number of nitrogens with zero attached hydrogens (tertiary/aromatic N) is 3. The molecule has 0 saturated heterocycles. The molecule has 2 aliphatic heterocycles. The van der Waals surface area contributed by atoms with Crippen LogP contribution in [0.3, 0.4) is 0 Å². The van der Waals surface area contributed by atoms with Crippen molar-refractivity contribution < 1.29 is 17.9 Å². The summed E-state index contributed by atoms with van der Waals surface area (Å²) in [6, 6.07) is 12.0. The van der Waals surface area contributed by atoms with Gasteiger partial charge in [0.15, 0.2) is 0 Å². The number of amides is 1. The zero-order valence-corrected chi connectivity index (χ0v) is 19.5. The summed E-state index contributed by atoms with van der Waals surface area (Å²) >= 11 is 13.0. The van der Waals surface area contributed by atoms with E-state index in [0.717, 1.165) is 23.1 Å². The highest BCUT2D eigenvalue weighted by molar-refractivity contribution is 8.16. The van der Waals surface area contributed by atoms with Gasteiger partial charge in [0.25, 0.3) is 5.91 Å². The van der Waals surface area contributed by atoms with E-state index in [0.29, 0.717) is 26.9 Å². The fourth-order valence-electron chi connectivity index (χ4n) is 2.89. The van der Waals surface area contributed by atoms with Crippen LogP contribution in [0.25, 0.3) is 6.08 Å². The Labute approximate surface area is 198 Å². The highest BCUT2D eigenvalue weighted by atomic mass is 35.5. The van der Waals surface area contributed by atoms with E-state index in [-0.39, 0.29) is 28.4 Å². The monoisotopic (exact) mass is 508 g/mol. The van der Waals surface area contributed by atoms with Crippen LogP contribution < -0.4 is 4.74 Å². The fourth-order valence-corrected chi connectivity index (χ4v) is 5.24. The second kappa shape index (κ2) is 8.70. The van der Waals surface area contributed by atoms with Gasteiger partial charge < -0.3 is 4.74 Å². The van der Waals surface area contributed by atoms with Gasteiger partial charge in [-0.15, -0.1) is 0 Å². The number of ether oxygens (including phenoxy) is 1. The number of hydrogen-bond donors (Lipinski definition) is 1. The lowest BCUT2D eigenvalue weighted by Gasteiger charge is -2.23. The second-order valence-corrected chi connectivity index (χ2v) is 10.2. The van der Waals surface area contributed by atoms with Crippen molar-refractivity contribution in [2.24, 2.45) is 9.39 Å². The molecule has 12 heteroatoms. The molecule has 0 unspecified atom stereocenters. The Bertz CT molecular complexity index is 1320. The number of carbonyl (C=O) groups is 1. The Morgan fingerprint density at radius 2 is 1.81 bits per heavy atom. The van der Waals surface area contributed by atoms with E-state index in [9.17, 15) is 13.2 Å². The van der Waals surface area contributed by atoms with Crippen LogP contribution in [0.15, 0.2) is 57.4 Å². The van der Waals surface area contributed by atoms with Crippen LogP contribution in [-0.2, 0) is 21.2 Å². The number of amidine groups is 3. The normalized spacial score (nSPS) is 17.3. The molecule has 32 heavy (non-hydrogen) atoms. The Morgan fingerprint density at radius 1 is 1.16 bits per heavy atom. The lowest BCUT2D eigenvalue weighted by molar-refractivity contribution is -0.114. The molecule has 2 heterocycles. The zero-order chi connectivity index (χ0) is 23.0. The summed E-state index contributed by atoms with van der Waals surface area (Å²) in [6.07, 6.45) is 2.44. The van der Waals surface area contributed by atoms with E-state index in [1.54, 1.807) is 42.5 Å². The minimum Gasteiger partial charge on any atom is -0.489 e. The number of rotatable bonds is 4. The Morgan fingerprint density at radius 3 is 2.44 bits per heavy atom. The van der Waals surface area contributed by atoms with Crippen molar-refractivity contribution in [3.8, 4) is 5.75 Å². The SMILES string of the molecule is CS(=O)(=O)C1=NSC2=NC(=O)/C(=C\c3ccc(OCc4c(Cl)cccc4Cl)cc3)C(=N)N21. The van der Waals surface area contributed by atoms with Gasteiger partial charge in [-0.1, -0.05) is 41.4 Å². The lowest BCUT2D eigenvalue weighted by Crippen LogP contribution is -2.45. The average Bonchev–Trinajstić information content (AvgIpc) is 3.16. The third-order valence-electron chi connectivity index (χ3n) is 4.46. The summed E-state index contributed by atoms with van der Waals surface area (Å²) in [7, 11) is -3.70. The van der Waals surface area contributed by atoms with Crippen molar-refractivity contribution >= 4 is 73.1 Å². The molecular weight excluding hydrogens is 495 g/mol. The van der Waals surface area contributed by atoms with Crippen LogP contribution in [0, 0.1) is 5.41 Å². The molecule has 8 nitrogen and oxygen atoms in total. The van der Waals surface area contributed by atoms with Crippen LogP contribution in [-0.4, -0.2) is 41.7 Å². The van der Waals surface area contributed by atoms with Gasteiger partial charge in [0.2, 0.25) is 20.2 Å². The molecule has 0 radical (unpaired) electrons. The molecule has 0 spiro atoms. The van der Waals surface area contributed by atoms with Gasteiger partial charge in [0.1, 0.15) is 18.2 Å². The maximum atomic E-state index is 12.4. The Hall–Kier alpha value is -2.66. The molecule has 0 saturated carbocycles. The van der Waals surface area contributed by atoms with Gasteiger partial charge in [-0.05, 0) is 35.9 Å².